The Balaban J connectivity index is 1.89. The summed E-state index contributed by atoms with van der Waals surface area (Å²) >= 11 is 1.75. The Bertz CT molecular complexity index is 419. The van der Waals surface area contributed by atoms with Crippen molar-refractivity contribution >= 4 is 11.3 Å². The second kappa shape index (κ2) is 6.18. The molecule has 0 bridgehead atoms. The standard InChI is InChI=1S/C13H18N2OS/c14-4-1-2-11-6-13(17-10-11)8-15-5-3-12(7-15)9-16/h6,10,12,16H,3-5,7-9,14H2. The number of nitrogens with zero attached hydrogens (tertiary/aromatic N) is 1. The molecule has 0 radical (unpaired) electrons. The summed E-state index contributed by atoms with van der Waals surface area (Å²) in [5.74, 6) is 6.38. The lowest BCUT2D eigenvalue weighted by Crippen LogP contribution is -2.20. The monoisotopic (exact) mass is 250 g/mol. The zero-order chi connectivity index (χ0) is 12.1. The van der Waals surface area contributed by atoms with Crippen molar-refractivity contribution in [2.45, 2.75) is 13.0 Å². The van der Waals surface area contributed by atoms with Gasteiger partial charge in [-0.2, -0.15) is 0 Å². The van der Waals surface area contributed by atoms with Gasteiger partial charge in [-0.15, -0.1) is 11.3 Å². The summed E-state index contributed by atoms with van der Waals surface area (Å²) in [6.07, 6.45) is 1.11. The van der Waals surface area contributed by atoms with Crippen LogP contribution in [0.25, 0.3) is 0 Å². The second-order valence-electron chi connectivity index (χ2n) is 4.38. The van der Waals surface area contributed by atoms with Crippen molar-refractivity contribution in [3.8, 4) is 11.8 Å². The molecule has 4 heteroatoms. The van der Waals surface area contributed by atoms with Crippen molar-refractivity contribution in [2.75, 3.05) is 26.2 Å². The fraction of sp³-hybridized carbons (Fsp3) is 0.538. The molecule has 0 spiro atoms. The van der Waals surface area contributed by atoms with Gasteiger partial charge in [-0.05, 0) is 24.9 Å². The lowest BCUT2D eigenvalue weighted by molar-refractivity contribution is 0.220. The Morgan fingerprint density at radius 1 is 1.59 bits per heavy atom. The van der Waals surface area contributed by atoms with Gasteiger partial charge in [0.2, 0.25) is 0 Å². The molecule has 1 aromatic heterocycles. The number of rotatable bonds is 3. The average molecular weight is 250 g/mol. The molecule has 3 N–H and O–H groups in total. The SMILES string of the molecule is NCC#Cc1csc(CN2CCC(CO)C2)c1. The first-order chi connectivity index (χ1) is 8.31. The summed E-state index contributed by atoms with van der Waals surface area (Å²) in [5, 5.41) is 11.2. The maximum Gasteiger partial charge on any atom is 0.0555 e. The molecular weight excluding hydrogens is 232 g/mol. The predicted molar refractivity (Wildman–Crippen MR) is 70.7 cm³/mol. The summed E-state index contributed by atoms with van der Waals surface area (Å²) in [5.41, 5.74) is 6.41. The predicted octanol–water partition coefficient (Wildman–Crippen LogP) is 0.872. The third kappa shape index (κ3) is 3.55. The summed E-state index contributed by atoms with van der Waals surface area (Å²) in [7, 11) is 0. The van der Waals surface area contributed by atoms with Gasteiger partial charge in [0.05, 0.1) is 6.54 Å². The fourth-order valence-corrected chi connectivity index (χ4v) is 2.97. The van der Waals surface area contributed by atoms with Crippen molar-refractivity contribution in [3.63, 3.8) is 0 Å². The third-order valence-electron chi connectivity index (χ3n) is 3.00. The maximum atomic E-state index is 9.10. The van der Waals surface area contributed by atoms with Gasteiger partial charge in [-0.25, -0.2) is 0 Å². The molecule has 1 aromatic rings. The van der Waals surface area contributed by atoms with Crippen LogP contribution in [-0.4, -0.2) is 36.2 Å². The van der Waals surface area contributed by atoms with Crippen LogP contribution in [0.4, 0.5) is 0 Å². The van der Waals surface area contributed by atoms with Crippen LogP contribution in [0.15, 0.2) is 11.4 Å². The first kappa shape index (κ1) is 12.6. The molecule has 0 aliphatic carbocycles. The zero-order valence-electron chi connectivity index (χ0n) is 9.85. The van der Waals surface area contributed by atoms with Gasteiger partial charge in [0.1, 0.15) is 0 Å². The number of likely N-dealkylation sites (tertiary alicyclic amines) is 1. The first-order valence-corrected chi connectivity index (χ1v) is 6.79. The highest BCUT2D eigenvalue weighted by Gasteiger charge is 2.21. The van der Waals surface area contributed by atoms with Crippen molar-refractivity contribution in [2.24, 2.45) is 11.7 Å². The normalized spacial score (nSPS) is 20.2. The molecule has 17 heavy (non-hydrogen) atoms. The highest BCUT2D eigenvalue weighted by Crippen LogP contribution is 2.21. The molecule has 1 fully saturated rings. The van der Waals surface area contributed by atoms with Crippen molar-refractivity contribution in [1.29, 1.82) is 0 Å². The van der Waals surface area contributed by atoms with E-state index in [1.807, 2.05) is 0 Å². The van der Waals surface area contributed by atoms with Gasteiger partial charge in [0, 0.05) is 35.5 Å². The van der Waals surface area contributed by atoms with Gasteiger partial charge >= 0.3 is 0 Å². The van der Waals surface area contributed by atoms with Crippen molar-refractivity contribution in [3.05, 3.63) is 21.9 Å². The van der Waals surface area contributed by atoms with E-state index >= 15 is 0 Å². The number of thiophene rings is 1. The van der Waals surface area contributed by atoms with Crippen molar-refractivity contribution in [1.82, 2.24) is 4.90 Å². The minimum atomic E-state index is 0.314. The van der Waals surface area contributed by atoms with Crippen LogP contribution in [0.3, 0.4) is 0 Å². The summed E-state index contributed by atoms with van der Waals surface area (Å²) in [6.45, 7) is 3.81. The lowest BCUT2D eigenvalue weighted by Gasteiger charge is -2.13. The van der Waals surface area contributed by atoms with Crippen LogP contribution >= 0.6 is 11.3 Å². The molecule has 1 aliphatic rings. The minimum absolute atomic E-state index is 0.314. The third-order valence-corrected chi connectivity index (χ3v) is 3.92. The molecular formula is C13H18N2OS. The number of nitrogens with two attached hydrogens (primary N) is 1. The Hall–Kier alpha value is -0.860. The van der Waals surface area contributed by atoms with E-state index in [0.717, 1.165) is 31.6 Å². The fourth-order valence-electron chi connectivity index (χ4n) is 2.11. The number of hydrogen-bond donors (Lipinski definition) is 2. The van der Waals surface area contributed by atoms with Crippen molar-refractivity contribution < 1.29 is 5.11 Å². The van der Waals surface area contributed by atoms with Crippen LogP contribution in [0.5, 0.6) is 0 Å². The van der Waals surface area contributed by atoms with Crippen LogP contribution in [0, 0.1) is 17.8 Å². The van der Waals surface area contributed by atoms with Crippen LogP contribution in [0.2, 0.25) is 0 Å². The van der Waals surface area contributed by atoms with Gasteiger partial charge in [-0.1, -0.05) is 11.8 Å². The van der Waals surface area contributed by atoms with Crippen LogP contribution in [-0.2, 0) is 6.54 Å². The molecule has 2 rings (SSSR count). The second-order valence-corrected chi connectivity index (χ2v) is 5.38. The molecule has 0 saturated carbocycles. The van der Waals surface area contributed by atoms with E-state index < -0.39 is 0 Å². The van der Waals surface area contributed by atoms with E-state index in [0.29, 0.717) is 19.1 Å². The number of aliphatic hydroxyl groups is 1. The van der Waals surface area contributed by atoms with E-state index in [2.05, 4.69) is 28.2 Å². The molecule has 1 unspecified atom stereocenters. The van der Waals surface area contributed by atoms with E-state index in [9.17, 15) is 0 Å². The van der Waals surface area contributed by atoms with E-state index in [1.165, 1.54) is 4.88 Å². The van der Waals surface area contributed by atoms with E-state index in [1.54, 1.807) is 11.3 Å². The van der Waals surface area contributed by atoms with E-state index in [4.69, 9.17) is 10.8 Å². The largest absolute Gasteiger partial charge is 0.396 e. The van der Waals surface area contributed by atoms with Crippen LogP contribution in [0.1, 0.15) is 16.9 Å². The highest BCUT2D eigenvalue weighted by atomic mass is 32.1. The minimum Gasteiger partial charge on any atom is -0.396 e. The summed E-state index contributed by atoms with van der Waals surface area (Å²) in [4.78, 5) is 3.73. The molecule has 92 valence electrons. The number of aliphatic hydroxyl groups excluding tert-OH is 1. The van der Waals surface area contributed by atoms with Gasteiger partial charge in [0.15, 0.2) is 0 Å². The Morgan fingerprint density at radius 3 is 3.18 bits per heavy atom. The molecule has 3 nitrogen and oxygen atoms in total. The zero-order valence-corrected chi connectivity index (χ0v) is 10.7. The average Bonchev–Trinajstić information content (AvgIpc) is 2.96. The Morgan fingerprint density at radius 2 is 2.47 bits per heavy atom. The quantitative estimate of drug-likeness (QED) is 0.783. The molecule has 2 heterocycles. The molecule has 0 aromatic carbocycles. The maximum absolute atomic E-state index is 9.10. The molecule has 1 atom stereocenters. The molecule has 1 aliphatic heterocycles. The highest BCUT2D eigenvalue weighted by molar-refractivity contribution is 7.10. The van der Waals surface area contributed by atoms with Gasteiger partial charge in [-0.3, -0.25) is 4.90 Å². The van der Waals surface area contributed by atoms with Gasteiger partial charge < -0.3 is 10.8 Å². The van der Waals surface area contributed by atoms with Crippen LogP contribution < -0.4 is 5.73 Å². The topological polar surface area (TPSA) is 49.5 Å². The summed E-state index contributed by atoms with van der Waals surface area (Å²) < 4.78 is 0. The smallest absolute Gasteiger partial charge is 0.0555 e. The Kier molecular flexibility index (Phi) is 4.57. The molecule has 1 saturated heterocycles. The Labute approximate surface area is 106 Å². The van der Waals surface area contributed by atoms with E-state index in [-0.39, 0.29) is 0 Å². The lowest BCUT2D eigenvalue weighted by atomic mass is 10.1. The number of hydrogen-bond acceptors (Lipinski definition) is 4. The summed E-state index contributed by atoms with van der Waals surface area (Å²) in [6, 6.07) is 2.14. The molecule has 0 amide bonds. The first-order valence-electron chi connectivity index (χ1n) is 5.91. The van der Waals surface area contributed by atoms with Gasteiger partial charge in [0.25, 0.3) is 0 Å².